The van der Waals surface area contributed by atoms with Crippen molar-refractivity contribution in [1.29, 1.82) is 5.26 Å². The third-order valence-electron chi connectivity index (χ3n) is 5.68. The first-order chi connectivity index (χ1) is 14.6. The van der Waals surface area contributed by atoms with Gasteiger partial charge in [-0.15, -0.1) is 0 Å². The van der Waals surface area contributed by atoms with Crippen LogP contribution in [0.3, 0.4) is 0 Å². The molecule has 7 heteroatoms. The van der Waals surface area contributed by atoms with E-state index < -0.39 is 0 Å². The average Bonchev–Trinajstić information content (AvgIpc) is 3.16. The molecule has 30 heavy (non-hydrogen) atoms. The molecule has 6 nitrogen and oxygen atoms in total. The number of benzene rings is 1. The van der Waals surface area contributed by atoms with Crippen molar-refractivity contribution in [3.8, 4) is 23.0 Å². The van der Waals surface area contributed by atoms with E-state index in [-0.39, 0.29) is 6.71 Å². The number of fused-ring (bicyclic) bond motifs is 2. The zero-order valence-corrected chi connectivity index (χ0v) is 17.0. The van der Waals surface area contributed by atoms with Crippen LogP contribution in [0.4, 0.5) is 0 Å². The molecule has 0 atom stereocenters. The number of rotatable bonds is 3. The fourth-order valence-corrected chi connectivity index (χ4v) is 4.07. The Labute approximate surface area is 174 Å². The van der Waals surface area contributed by atoms with Crippen molar-refractivity contribution >= 4 is 34.2 Å². The quantitative estimate of drug-likeness (QED) is 0.478. The van der Waals surface area contributed by atoms with Crippen molar-refractivity contribution in [1.82, 2.24) is 19.7 Å². The van der Waals surface area contributed by atoms with Crippen LogP contribution in [0.5, 0.6) is 5.75 Å². The molecule has 0 fully saturated rings. The zero-order valence-electron chi connectivity index (χ0n) is 17.0. The highest BCUT2D eigenvalue weighted by molar-refractivity contribution is 6.67. The van der Waals surface area contributed by atoms with E-state index in [4.69, 9.17) is 20.0 Å². The number of aromatic nitrogens is 4. The van der Waals surface area contributed by atoms with E-state index in [0.717, 1.165) is 63.7 Å². The van der Waals surface area contributed by atoms with Crippen molar-refractivity contribution < 1.29 is 4.74 Å². The van der Waals surface area contributed by atoms with Crippen molar-refractivity contribution in [2.75, 3.05) is 7.11 Å². The Morgan fingerprint density at radius 3 is 2.53 bits per heavy atom. The summed E-state index contributed by atoms with van der Waals surface area (Å²) in [5.74, 6) is 3.11. The normalized spacial score (nSPS) is 14.0. The smallest absolute Gasteiger partial charge is 0.271 e. The van der Waals surface area contributed by atoms with E-state index >= 15 is 0 Å². The van der Waals surface area contributed by atoms with Gasteiger partial charge in [0.2, 0.25) is 0 Å². The highest BCUT2D eigenvalue weighted by Crippen LogP contribution is 2.34. The van der Waals surface area contributed by atoms with E-state index in [1.165, 1.54) is 5.57 Å². The van der Waals surface area contributed by atoms with Crippen LogP contribution in [0, 0.1) is 11.2 Å². The molecule has 1 aliphatic heterocycles. The zero-order chi connectivity index (χ0) is 20.7. The predicted molar refractivity (Wildman–Crippen MR) is 119 cm³/mol. The second-order valence-electron chi connectivity index (χ2n) is 7.68. The fourth-order valence-electron chi connectivity index (χ4n) is 4.07. The maximum absolute atomic E-state index is 9.09. The summed E-state index contributed by atoms with van der Waals surface area (Å²) >= 11 is 0. The van der Waals surface area contributed by atoms with Crippen LogP contribution in [-0.4, -0.2) is 33.6 Å². The van der Waals surface area contributed by atoms with Crippen LogP contribution >= 0.6 is 0 Å². The molecule has 3 aromatic heterocycles. The van der Waals surface area contributed by atoms with Gasteiger partial charge in [0.1, 0.15) is 5.75 Å². The summed E-state index contributed by atoms with van der Waals surface area (Å²) in [7, 11) is 3.57. The second-order valence-corrected chi connectivity index (χ2v) is 7.68. The standard InChI is InChI=1S/C23H20BN5O/c1-29-13-16-11-17(23(30-2)12-22(16)28-29)19-4-6-20-21(27-19)5-3-18(26-20)15-7-9-24(14-25)10-8-15/h3-7,11-13H,8-10H2,1-2H3. The highest BCUT2D eigenvalue weighted by Gasteiger charge is 2.19. The largest absolute Gasteiger partial charge is 0.496 e. The lowest BCUT2D eigenvalue weighted by atomic mass is 9.44. The molecule has 4 heterocycles. The van der Waals surface area contributed by atoms with E-state index in [2.05, 4.69) is 23.2 Å². The number of ether oxygens (including phenoxy) is 1. The van der Waals surface area contributed by atoms with Gasteiger partial charge in [-0.3, -0.25) is 4.68 Å². The Balaban J connectivity index is 1.54. The molecule has 0 bridgehead atoms. The fraction of sp³-hybridized carbons (Fsp3) is 0.217. The van der Waals surface area contributed by atoms with Gasteiger partial charge in [-0.2, -0.15) is 5.10 Å². The Bertz CT molecular complexity index is 1350. The molecule has 1 aliphatic rings. The van der Waals surface area contributed by atoms with Crippen molar-refractivity contribution in [2.45, 2.75) is 19.1 Å². The molecule has 0 saturated heterocycles. The summed E-state index contributed by atoms with van der Waals surface area (Å²) in [5, 5.41) is 14.6. The van der Waals surface area contributed by atoms with Gasteiger partial charge in [0.05, 0.1) is 35.0 Å². The molecule has 1 aromatic carbocycles. The van der Waals surface area contributed by atoms with Gasteiger partial charge in [-0.1, -0.05) is 12.4 Å². The molecule has 0 amide bonds. The van der Waals surface area contributed by atoms with E-state index in [0.29, 0.717) is 0 Å². The maximum Gasteiger partial charge on any atom is 0.271 e. The number of pyridine rings is 2. The Morgan fingerprint density at radius 2 is 1.83 bits per heavy atom. The van der Waals surface area contributed by atoms with Gasteiger partial charge in [0.25, 0.3) is 6.71 Å². The first-order valence-corrected chi connectivity index (χ1v) is 10.0. The molecule has 4 aromatic rings. The van der Waals surface area contributed by atoms with Crippen molar-refractivity contribution in [2.24, 2.45) is 7.05 Å². The van der Waals surface area contributed by atoms with Crippen LogP contribution in [-0.2, 0) is 7.05 Å². The number of allylic oxidation sites excluding steroid dienone is 2. The van der Waals surface area contributed by atoms with Gasteiger partial charge in [0.15, 0.2) is 0 Å². The number of nitrogens with zero attached hydrogens (tertiary/aromatic N) is 5. The first-order valence-electron chi connectivity index (χ1n) is 10.0. The lowest BCUT2D eigenvalue weighted by molar-refractivity contribution is 0.417. The summed E-state index contributed by atoms with van der Waals surface area (Å²) in [6.45, 7) is 0.130. The summed E-state index contributed by atoms with van der Waals surface area (Å²) in [4.78, 5) is 9.67. The number of aryl methyl sites for hydroxylation is 1. The van der Waals surface area contributed by atoms with E-state index in [1.807, 2.05) is 43.6 Å². The minimum atomic E-state index is 0.130. The monoisotopic (exact) mass is 393 g/mol. The van der Waals surface area contributed by atoms with Gasteiger partial charge in [-0.25, -0.2) is 15.2 Å². The van der Waals surface area contributed by atoms with Crippen LogP contribution in [0.25, 0.3) is 38.8 Å². The van der Waals surface area contributed by atoms with Crippen LogP contribution in [0.1, 0.15) is 12.1 Å². The van der Waals surface area contributed by atoms with E-state index in [1.54, 1.807) is 11.8 Å². The lowest BCUT2D eigenvalue weighted by Gasteiger charge is -2.14. The Hall–Kier alpha value is -3.66. The SMILES string of the molecule is COc1cc2nn(C)cc2cc1-c1ccc2nc(C3=CCB(C#N)CC3)ccc2n1. The van der Waals surface area contributed by atoms with Gasteiger partial charge >= 0.3 is 0 Å². The van der Waals surface area contributed by atoms with Gasteiger partial charge < -0.3 is 4.74 Å². The molecule has 0 saturated carbocycles. The number of hydrogen-bond donors (Lipinski definition) is 0. The molecule has 0 unspecified atom stereocenters. The molecule has 146 valence electrons. The third-order valence-corrected chi connectivity index (χ3v) is 5.68. The molecule has 0 radical (unpaired) electrons. The second kappa shape index (κ2) is 7.31. The predicted octanol–water partition coefficient (Wildman–Crippen LogP) is 4.54. The average molecular weight is 393 g/mol. The summed E-state index contributed by atoms with van der Waals surface area (Å²) in [5.41, 5.74) is 6.57. The third kappa shape index (κ3) is 3.20. The molecule has 0 N–H and O–H groups in total. The number of nitriles is 1. The molecule has 0 aliphatic carbocycles. The first kappa shape index (κ1) is 18.4. The van der Waals surface area contributed by atoms with Crippen molar-refractivity contribution in [3.63, 3.8) is 0 Å². The minimum Gasteiger partial charge on any atom is -0.496 e. The summed E-state index contributed by atoms with van der Waals surface area (Å²) in [6, 6.07) is 12.1. The maximum atomic E-state index is 9.09. The van der Waals surface area contributed by atoms with Crippen molar-refractivity contribution in [3.05, 3.63) is 54.4 Å². The molecule has 0 spiro atoms. The molecular weight excluding hydrogens is 373 g/mol. The summed E-state index contributed by atoms with van der Waals surface area (Å²) < 4.78 is 7.41. The highest BCUT2D eigenvalue weighted by atomic mass is 16.5. The number of methoxy groups -OCH3 is 1. The Morgan fingerprint density at radius 1 is 1.07 bits per heavy atom. The van der Waals surface area contributed by atoms with Gasteiger partial charge in [0, 0.05) is 36.2 Å². The van der Waals surface area contributed by atoms with E-state index in [9.17, 15) is 0 Å². The lowest BCUT2D eigenvalue weighted by Crippen LogP contribution is -2.12. The number of hydrogen-bond acceptors (Lipinski definition) is 5. The van der Waals surface area contributed by atoms with Crippen LogP contribution in [0.15, 0.2) is 48.7 Å². The van der Waals surface area contributed by atoms with Crippen LogP contribution in [0.2, 0.25) is 12.6 Å². The van der Waals surface area contributed by atoms with Crippen LogP contribution < -0.4 is 4.74 Å². The van der Waals surface area contributed by atoms with Gasteiger partial charge in [-0.05, 0) is 48.6 Å². The Kier molecular flexibility index (Phi) is 4.48. The molecular formula is C23H20BN5O. The molecule has 5 rings (SSSR count). The minimum absolute atomic E-state index is 0.130. The summed E-state index contributed by atoms with van der Waals surface area (Å²) in [6.07, 6.45) is 6.74. The topological polar surface area (TPSA) is 76.6 Å².